The molecule has 154 valence electrons. The van der Waals surface area contributed by atoms with Crippen molar-refractivity contribution in [2.24, 2.45) is 0 Å². The van der Waals surface area contributed by atoms with Gasteiger partial charge in [-0.05, 0) is 57.5 Å². The zero-order chi connectivity index (χ0) is 21.7. The molecule has 0 fully saturated rings. The van der Waals surface area contributed by atoms with Crippen LogP contribution in [0.2, 0.25) is 0 Å². The van der Waals surface area contributed by atoms with Gasteiger partial charge in [0, 0.05) is 18.3 Å². The van der Waals surface area contributed by atoms with Gasteiger partial charge in [0.15, 0.2) is 6.10 Å². The fourth-order valence-electron chi connectivity index (χ4n) is 2.88. The highest BCUT2D eigenvalue weighted by molar-refractivity contribution is 6.04. The molecular formula is C21H24N2O6. The molecule has 0 aliphatic heterocycles. The first-order chi connectivity index (χ1) is 13.6. The molecule has 0 spiro atoms. The fraction of sp³-hybridized carbons (Fsp3) is 0.333. The van der Waals surface area contributed by atoms with Crippen molar-refractivity contribution < 1.29 is 28.7 Å². The first-order valence-corrected chi connectivity index (χ1v) is 9.14. The summed E-state index contributed by atoms with van der Waals surface area (Å²) in [6.45, 7) is 8.08. The molecule has 8 heteroatoms. The number of hydrogen-bond acceptors (Lipinski definition) is 6. The SMILES string of the molecule is CCOC(=O)c1c(C)[nH]c(C(=O)C(C)OC(=O)c2ccc(NC(C)=O)cc2)c1C. The van der Waals surface area contributed by atoms with E-state index >= 15 is 0 Å². The van der Waals surface area contributed by atoms with Crippen molar-refractivity contribution in [2.75, 3.05) is 11.9 Å². The van der Waals surface area contributed by atoms with E-state index in [1.165, 1.54) is 26.0 Å². The number of amides is 1. The van der Waals surface area contributed by atoms with Crippen LogP contribution in [0.3, 0.4) is 0 Å². The Morgan fingerprint density at radius 3 is 2.24 bits per heavy atom. The molecular weight excluding hydrogens is 376 g/mol. The summed E-state index contributed by atoms with van der Waals surface area (Å²) in [6, 6.07) is 6.12. The van der Waals surface area contributed by atoms with E-state index in [0.29, 0.717) is 22.5 Å². The highest BCUT2D eigenvalue weighted by Gasteiger charge is 2.27. The van der Waals surface area contributed by atoms with Gasteiger partial charge in [0.1, 0.15) is 0 Å². The summed E-state index contributed by atoms with van der Waals surface area (Å²) < 4.78 is 10.3. The molecule has 0 radical (unpaired) electrons. The van der Waals surface area contributed by atoms with Crippen molar-refractivity contribution in [3.8, 4) is 0 Å². The number of aryl methyl sites for hydroxylation is 1. The number of benzene rings is 1. The molecule has 0 saturated carbocycles. The predicted octanol–water partition coefficient (Wildman–Crippen LogP) is 3.19. The van der Waals surface area contributed by atoms with Crippen molar-refractivity contribution in [3.63, 3.8) is 0 Å². The van der Waals surface area contributed by atoms with Gasteiger partial charge < -0.3 is 19.8 Å². The minimum Gasteiger partial charge on any atom is -0.462 e. The second kappa shape index (κ2) is 9.18. The Labute approximate surface area is 168 Å². The number of anilines is 1. The van der Waals surface area contributed by atoms with Gasteiger partial charge in [-0.25, -0.2) is 9.59 Å². The summed E-state index contributed by atoms with van der Waals surface area (Å²) in [7, 11) is 0. The van der Waals surface area contributed by atoms with E-state index in [2.05, 4.69) is 10.3 Å². The average Bonchev–Trinajstić information content (AvgIpc) is 2.95. The van der Waals surface area contributed by atoms with Crippen LogP contribution in [0.4, 0.5) is 5.69 Å². The standard InChI is InChI=1S/C21H24N2O6/c1-6-28-21(27)17-11(2)18(22-12(17)3)19(25)13(4)29-20(26)15-7-9-16(10-8-15)23-14(5)24/h7-10,13,22H,6H2,1-5H3,(H,23,24). The number of ketones is 1. The van der Waals surface area contributed by atoms with E-state index < -0.39 is 23.8 Å². The van der Waals surface area contributed by atoms with Gasteiger partial charge in [-0.1, -0.05) is 0 Å². The maximum atomic E-state index is 12.7. The molecule has 2 aromatic rings. The van der Waals surface area contributed by atoms with Crippen LogP contribution in [0.1, 0.15) is 63.2 Å². The molecule has 0 bridgehead atoms. The Bertz CT molecular complexity index is 943. The maximum Gasteiger partial charge on any atom is 0.340 e. The van der Waals surface area contributed by atoms with Gasteiger partial charge >= 0.3 is 11.9 Å². The van der Waals surface area contributed by atoms with Crippen LogP contribution < -0.4 is 5.32 Å². The van der Waals surface area contributed by atoms with E-state index in [-0.39, 0.29) is 23.8 Å². The Morgan fingerprint density at radius 2 is 1.69 bits per heavy atom. The lowest BCUT2D eigenvalue weighted by molar-refractivity contribution is -0.114. The number of esters is 2. The van der Waals surface area contributed by atoms with E-state index in [1.54, 1.807) is 32.9 Å². The molecule has 2 N–H and O–H groups in total. The van der Waals surface area contributed by atoms with E-state index in [4.69, 9.17) is 9.47 Å². The molecule has 0 aliphatic carbocycles. The van der Waals surface area contributed by atoms with Crippen LogP contribution in [0.15, 0.2) is 24.3 Å². The summed E-state index contributed by atoms with van der Waals surface area (Å²) in [5.74, 6) is -1.86. The summed E-state index contributed by atoms with van der Waals surface area (Å²) in [5, 5.41) is 2.60. The number of ether oxygens (including phenoxy) is 2. The van der Waals surface area contributed by atoms with Crippen LogP contribution in [0, 0.1) is 13.8 Å². The Morgan fingerprint density at radius 1 is 1.07 bits per heavy atom. The molecule has 0 saturated heterocycles. The zero-order valence-electron chi connectivity index (χ0n) is 17.0. The van der Waals surface area contributed by atoms with Gasteiger partial charge in [-0.15, -0.1) is 0 Å². The first-order valence-electron chi connectivity index (χ1n) is 9.14. The van der Waals surface area contributed by atoms with Crippen molar-refractivity contribution in [2.45, 2.75) is 40.7 Å². The minimum atomic E-state index is -1.07. The molecule has 2 rings (SSSR count). The largest absolute Gasteiger partial charge is 0.462 e. The topological polar surface area (TPSA) is 115 Å². The van der Waals surface area contributed by atoms with E-state index in [9.17, 15) is 19.2 Å². The number of Topliss-reactive ketones (excluding diaryl/α,β-unsaturated/α-hetero) is 1. The van der Waals surface area contributed by atoms with Crippen LogP contribution in [0.5, 0.6) is 0 Å². The van der Waals surface area contributed by atoms with E-state index in [1.807, 2.05) is 0 Å². The number of carbonyl (C=O) groups is 4. The summed E-state index contributed by atoms with van der Waals surface area (Å²) >= 11 is 0. The third-order valence-corrected chi connectivity index (χ3v) is 4.26. The van der Waals surface area contributed by atoms with Crippen molar-refractivity contribution >= 4 is 29.3 Å². The second-order valence-corrected chi connectivity index (χ2v) is 6.52. The zero-order valence-corrected chi connectivity index (χ0v) is 17.0. The van der Waals surface area contributed by atoms with Crippen molar-refractivity contribution in [3.05, 3.63) is 52.3 Å². The third kappa shape index (κ3) is 5.10. The monoisotopic (exact) mass is 400 g/mol. The third-order valence-electron chi connectivity index (χ3n) is 4.26. The average molecular weight is 400 g/mol. The smallest absolute Gasteiger partial charge is 0.340 e. The Kier molecular flexibility index (Phi) is 6.93. The maximum absolute atomic E-state index is 12.7. The van der Waals surface area contributed by atoms with Crippen LogP contribution in [-0.4, -0.2) is 41.3 Å². The normalized spacial score (nSPS) is 11.5. The van der Waals surface area contributed by atoms with Gasteiger partial charge in [-0.3, -0.25) is 9.59 Å². The fourth-order valence-corrected chi connectivity index (χ4v) is 2.88. The molecule has 8 nitrogen and oxygen atoms in total. The second-order valence-electron chi connectivity index (χ2n) is 6.52. The Balaban J connectivity index is 2.12. The number of aromatic nitrogens is 1. The molecule has 1 atom stereocenters. The predicted molar refractivity (Wildman–Crippen MR) is 106 cm³/mol. The number of H-pyrrole nitrogens is 1. The molecule has 1 heterocycles. The van der Waals surface area contributed by atoms with Crippen molar-refractivity contribution in [1.82, 2.24) is 4.98 Å². The lowest BCUT2D eigenvalue weighted by atomic mass is 10.1. The van der Waals surface area contributed by atoms with Gasteiger partial charge in [0.25, 0.3) is 0 Å². The van der Waals surface area contributed by atoms with Crippen LogP contribution >= 0.6 is 0 Å². The molecule has 1 aromatic carbocycles. The first kappa shape index (κ1) is 21.9. The lowest BCUT2D eigenvalue weighted by Crippen LogP contribution is -2.25. The summed E-state index contributed by atoms with van der Waals surface area (Å²) in [5.41, 5.74) is 2.26. The molecule has 1 unspecified atom stereocenters. The van der Waals surface area contributed by atoms with Gasteiger partial charge in [-0.2, -0.15) is 0 Å². The molecule has 0 aliphatic rings. The number of nitrogens with one attached hydrogen (secondary N) is 2. The lowest BCUT2D eigenvalue weighted by Gasteiger charge is -2.12. The number of carbonyl (C=O) groups excluding carboxylic acids is 4. The van der Waals surface area contributed by atoms with Crippen LogP contribution in [-0.2, 0) is 14.3 Å². The number of hydrogen-bond donors (Lipinski definition) is 2. The summed E-state index contributed by atoms with van der Waals surface area (Å²) in [6.07, 6.45) is -1.07. The van der Waals surface area contributed by atoms with Gasteiger partial charge in [0.05, 0.1) is 23.4 Å². The van der Waals surface area contributed by atoms with Crippen LogP contribution in [0.25, 0.3) is 0 Å². The summed E-state index contributed by atoms with van der Waals surface area (Å²) in [4.78, 5) is 51.1. The number of rotatable bonds is 7. The number of aromatic amines is 1. The highest BCUT2D eigenvalue weighted by atomic mass is 16.5. The van der Waals surface area contributed by atoms with Crippen molar-refractivity contribution in [1.29, 1.82) is 0 Å². The highest BCUT2D eigenvalue weighted by Crippen LogP contribution is 2.21. The molecule has 1 amide bonds. The Hall–Kier alpha value is -3.42. The molecule has 1 aromatic heterocycles. The molecule has 29 heavy (non-hydrogen) atoms. The minimum absolute atomic E-state index is 0.201. The van der Waals surface area contributed by atoms with E-state index in [0.717, 1.165) is 0 Å². The van der Waals surface area contributed by atoms with Gasteiger partial charge in [0.2, 0.25) is 11.7 Å². The quantitative estimate of drug-likeness (QED) is 0.545.